The van der Waals surface area contributed by atoms with Crippen LogP contribution >= 0.6 is 0 Å². The second kappa shape index (κ2) is 5.00. The molecule has 18 heavy (non-hydrogen) atoms. The fourth-order valence-corrected chi connectivity index (χ4v) is 1.78. The predicted molar refractivity (Wildman–Crippen MR) is 76.6 cm³/mol. The Morgan fingerprint density at radius 1 is 1.00 bits per heavy atom. The number of anilines is 3. The lowest BCUT2D eigenvalue weighted by Crippen LogP contribution is -1.96. The Kier molecular flexibility index (Phi) is 3.42. The van der Waals surface area contributed by atoms with Gasteiger partial charge in [0, 0.05) is 17.1 Å². The molecule has 0 aliphatic heterocycles. The first-order chi connectivity index (χ1) is 8.60. The minimum Gasteiger partial charge on any atom is -0.497 e. The summed E-state index contributed by atoms with van der Waals surface area (Å²) in [6.07, 6.45) is 0. The van der Waals surface area contributed by atoms with Gasteiger partial charge >= 0.3 is 0 Å². The molecule has 3 heteroatoms. The molecule has 94 valence electrons. The highest BCUT2D eigenvalue weighted by molar-refractivity contribution is 5.68. The number of benzene rings is 2. The van der Waals surface area contributed by atoms with E-state index in [1.807, 2.05) is 50.2 Å². The fraction of sp³-hybridized carbons (Fsp3) is 0.200. The van der Waals surface area contributed by atoms with Crippen LogP contribution in [-0.2, 0) is 0 Å². The number of nitrogen functional groups attached to an aromatic ring is 1. The van der Waals surface area contributed by atoms with E-state index >= 15 is 0 Å². The van der Waals surface area contributed by atoms with Crippen molar-refractivity contribution >= 4 is 17.1 Å². The van der Waals surface area contributed by atoms with Crippen LogP contribution in [0.3, 0.4) is 0 Å². The minimum absolute atomic E-state index is 0.797. The van der Waals surface area contributed by atoms with Crippen LogP contribution in [0.15, 0.2) is 36.4 Å². The molecule has 0 radical (unpaired) electrons. The first-order valence-electron chi connectivity index (χ1n) is 5.88. The summed E-state index contributed by atoms with van der Waals surface area (Å²) in [7, 11) is 1.67. The van der Waals surface area contributed by atoms with Gasteiger partial charge in [-0.15, -0.1) is 0 Å². The number of ether oxygens (including phenoxy) is 1. The van der Waals surface area contributed by atoms with Gasteiger partial charge in [-0.2, -0.15) is 0 Å². The molecule has 2 aromatic rings. The van der Waals surface area contributed by atoms with Crippen molar-refractivity contribution in [3.63, 3.8) is 0 Å². The largest absolute Gasteiger partial charge is 0.497 e. The Bertz CT molecular complexity index is 564. The molecule has 0 heterocycles. The summed E-state index contributed by atoms with van der Waals surface area (Å²) >= 11 is 0. The monoisotopic (exact) mass is 242 g/mol. The lowest BCUT2D eigenvalue weighted by molar-refractivity contribution is 0.414. The lowest BCUT2D eigenvalue weighted by Gasteiger charge is -2.12. The molecule has 0 saturated heterocycles. The molecule has 3 nitrogen and oxygen atoms in total. The van der Waals surface area contributed by atoms with E-state index in [1.165, 1.54) is 0 Å². The summed E-state index contributed by atoms with van der Waals surface area (Å²) in [6, 6.07) is 11.9. The molecule has 0 fully saturated rings. The molecular weight excluding hydrogens is 224 g/mol. The second-order valence-corrected chi connectivity index (χ2v) is 4.38. The van der Waals surface area contributed by atoms with Crippen molar-refractivity contribution < 1.29 is 4.74 Å². The number of aryl methyl sites for hydroxylation is 2. The van der Waals surface area contributed by atoms with Crippen molar-refractivity contribution in [2.75, 3.05) is 18.2 Å². The normalized spacial score (nSPS) is 10.2. The zero-order chi connectivity index (χ0) is 13.1. The van der Waals surface area contributed by atoms with Gasteiger partial charge in [0.2, 0.25) is 0 Å². The SMILES string of the molecule is COc1ccc(Nc2ccc(C)c(N)c2)c(C)c1. The Hall–Kier alpha value is -2.16. The second-order valence-electron chi connectivity index (χ2n) is 4.38. The van der Waals surface area contributed by atoms with E-state index in [1.54, 1.807) is 7.11 Å². The summed E-state index contributed by atoms with van der Waals surface area (Å²) < 4.78 is 5.19. The van der Waals surface area contributed by atoms with Gasteiger partial charge in [-0.3, -0.25) is 0 Å². The van der Waals surface area contributed by atoms with Gasteiger partial charge in [-0.1, -0.05) is 6.07 Å². The number of methoxy groups -OCH3 is 1. The summed E-state index contributed by atoms with van der Waals surface area (Å²) in [6.45, 7) is 4.04. The molecule has 0 amide bonds. The number of hydrogen-bond donors (Lipinski definition) is 2. The van der Waals surface area contributed by atoms with Crippen LogP contribution < -0.4 is 15.8 Å². The van der Waals surface area contributed by atoms with E-state index < -0.39 is 0 Å². The van der Waals surface area contributed by atoms with Gasteiger partial charge in [-0.25, -0.2) is 0 Å². The van der Waals surface area contributed by atoms with E-state index in [2.05, 4.69) is 5.32 Å². The molecule has 0 aliphatic rings. The summed E-state index contributed by atoms with van der Waals surface area (Å²) in [4.78, 5) is 0. The van der Waals surface area contributed by atoms with E-state index in [-0.39, 0.29) is 0 Å². The van der Waals surface area contributed by atoms with E-state index in [9.17, 15) is 0 Å². The van der Waals surface area contributed by atoms with Gasteiger partial charge in [0.15, 0.2) is 0 Å². The van der Waals surface area contributed by atoms with Gasteiger partial charge in [0.1, 0.15) is 5.75 Å². The highest BCUT2D eigenvalue weighted by Crippen LogP contribution is 2.26. The Balaban J connectivity index is 2.25. The average molecular weight is 242 g/mol. The third-order valence-electron chi connectivity index (χ3n) is 2.99. The van der Waals surface area contributed by atoms with Crippen LogP contribution in [0, 0.1) is 13.8 Å². The van der Waals surface area contributed by atoms with Gasteiger partial charge in [0.05, 0.1) is 7.11 Å². The molecule has 0 spiro atoms. The van der Waals surface area contributed by atoms with Gasteiger partial charge < -0.3 is 15.8 Å². The van der Waals surface area contributed by atoms with Gasteiger partial charge in [0.25, 0.3) is 0 Å². The van der Waals surface area contributed by atoms with E-state index in [0.717, 1.165) is 33.9 Å². The molecule has 0 aliphatic carbocycles. The standard InChI is InChI=1S/C15H18N2O/c1-10-4-5-12(9-14(10)16)17-15-7-6-13(18-3)8-11(15)2/h4-9,17H,16H2,1-3H3. The van der Waals surface area contributed by atoms with Crippen LogP contribution in [0.1, 0.15) is 11.1 Å². The average Bonchev–Trinajstić information content (AvgIpc) is 2.36. The number of hydrogen-bond acceptors (Lipinski definition) is 3. The maximum Gasteiger partial charge on any atom is 0.119 e. The van der Waals surface area contributed by atoms with Crippen molar-refractivity contribution in [2.24, 2.45) is 0 Å². The van der Waals surface area contributed by atoms with Crippen molar-refractivity contribution in [1.82, 2.24) is 0 Å². The van der Waals surface area contributed by atoms with Crippen molar-refractivity contribution in [2.45, 2.75) is 13.8 Å². The molecule has 0 saturated carbocycles. The third-order valence-corrected chi connectivity index (χ3v) is 2.99. The van der Waals surface area contributed by atoms with E-state index in [4.69, 9.17) is 10.5 Å². The summed E-state index contributed by atoms with van der Waals surface area (Å²) in [5.41, 5.74) is 11.0. The number of rotatable bonds is 3. The zero-order valence-electron chi connectivity index (χ0n) is 10.9. The molecule has 2 rings (SSSR count). The molecule has 0 bridgehead atoms. The molecule has 0 atom stereocenters. The van der Waals surface area contributed by atoms with Crippen LogP contribution in [0.5, 0.6) is 5.75 Å². The Labute approximate surface area is 108 Å². The highest BCUT2D eigenvalue weighted by atomic mass is 16.5. The minimum atomic E-state index is 0.797. The zero-order valence-corrected chi connectivity index (χ0v) is 10.9. The van der Waals surface area contributed by atoms with Crippen molar-refractivity contribution in [3.05, 3.63) is 47.5 Å². The first kappa shape index (κ1) is 12.3. The molecular formula is C15H18N2O. The highest BCUT2D eigenvalue weighted by Gasteiger charge is 2.02. The number of nitrogens with one attached hydrogen (secondary N) is 1. The molecule has 3 N–H and O–H groups in total. The van der Waals surface area contributed by atoms with E-state index in [0.29, 0.717) is 0 Å². The summed E-state index contributed by atoms with van der Waals surface area (Å²) in [5.74, 6) is 0.862. The van der Waals surface area contributed by atoms with Crippen LogP contribution in [0.25, 0.3) is 0 Å². The molecule has 2 aromatic carbocycles. The van der Waals surface area contributed by atoms with Crippen LogP contribution in [0.2, 0.25) is 0 Å². The topological polar surface area (TPSA) is 47.3 Å². The summed E-state index contributed by atoms with van der Waals surface area (Å²) in [5, 5.41) is 3.36. The lowest BCUT2D eigenvalue weighted by atomic mass is 10.1. The predicted octanol–water partition coefficient (Wildman–Crippen LogP) is 3.64. The van der Waals surface area contributed by atoms with Gasteiger partial charge in [-0.05, 0) is 55.3 Å². The first-order valence-corrected chi connectivity index (χ1v) is 5.88. The Morgan fingerprint density at radius 3 is 2.39 bits per heavy atom. The van der Waals surface area contributed by atoms with Crippen LogP contribution in [-0.4, -0.2) is 7.11 Å². The maximum absolute atomic E-state index is 5.90. The maximum atomic E-state index is 5.90. The quantitative estimate of drug-likeness (QED) is 0.808. The fourth-order valence-electron chi connectivity index (χ4n) is 1.78. The van der Waals surface area contributed by atoms with Crippen molar-refractivity contribution in [1.29, 1.82) is 0 Å². The molecule has 0 unspecified atom stereocenters. The van der Waals surface area contributed by atoms with Crippen molar-refractivity contribution in [3.8, 4) is 5.75 Å². The smallest absolute Gasteiger partial charge is 0.119 e. The third kappa shape index (κ3) is 2.56. The van der Waals surface area contributed by atoms with Crippen LogP contribution in [0.4, 0.5) is 17.1 Å². The molecule has 0 aromatic heterocycles. The Morgan fingerprint density at radius 2 is 1.78 bits per heavy atom. The number of nitrogens with two attached hydrogens (primary N) is 1.